The quantitative estimate of drug-likeness (QED) is 0.400. The minimum absolute atomic E-state index is 0. The van der Waals surface area contributed by atoms with Gasteiger partial charge < -0.3 is 19.7 Å². The summed E-state index contributed by atoms with van der Waals surface area (Å²) >= 11 is 0. The van der Waals surface area contributed by atoms with Crippen molar-refractivity contribution in [1.82, 2.24) is 15.1 Å². The third kappa shape index (κ3) is 6.54. The zero-order chi connectivity index (χ0) is 17.5. The molecule has 1 aromatic rings. The Balaban J connectivity index is 0.00000312. The number of guanidine groups is 1. The van der Waals surface area contributed by atoms with Crippen LogP contribution < -0.4 is 14.8 Å². The van der Waals surface area contributed by atoms with Gasteiger partial charge in [-0.1, -0.05) is 0 Å². The molecule has 1 saturated heterocycles. The van der Waals surface area contributed by atoms with Crippen LogP contribution in [-0.2, 0) is 6.54 Å². The fourth-order valence-corrected chi connectivity index (χ4v) is 2.96. The van der Waals surface area contributed by atoms with Crippen molar-refractivity contribution in [2.24, 2.45) is 4.99 Å². The minimum atomic E-state index is 0. The molecule has 0 bridgehead atoms. The Morgan fingerprint density at radius 2 is 1.88 bits per heavy atom. The van der Waals surface area contributed by atoms with Gasteiger partial charge in [0.05, 0.1) is 14.2 Å². The van der Waals surface area contributed by atoms with Crippen LogP contribution in [0.4, 0.5) is 0 Å². The summed E-state index contributed by atoms with van der Waals surface area (Å²) in [6.45, 7) is 5.83. The molecule has 7 heteroatoms. The van der Waals surface area contributed by atoms with Crippen molar-refractivity contribution < 1.29 is 9.47 Å². The van der Waals surface area contributed by atoms with Gasteiger partial charge in [0.25, 0.3) is 0 Å². The highest BCUT2D eigenvalue weighted by Crippen LogP contribution is 2.24. The number of nitrogens with one attached hydrogen (secondary N) is 1. The van der Waals surface area contributed by atoms with Crippen LogP contribution in [0.25, 0.3) is 0 Å². The molecule has 1 aliphatic rings. The number of halogens is 1. The van der Waals surface area contributed by atoms with Crippen LogP contribution in [0.3, 0.4) is 0 Å². The topological polar surface area (TPSA) is 49.3 Å². The first kappa shape index (κ1) is 21.8. The molecule has 0 saturated carbocycles. The first-order valence-corrected chi connectivity index (χ1v) is 8.48. The molecule has 0 spiro atoms. The Morgan fingerprint density at radius 3 is 2.40 bits per heavy atom. The molecule has 0 radical (unpaired) electrons. The van der Waals surface area contributed by atoms with Crippen LogP contribution in [0.1, 0.15) is 18.9 Å². The zero-order valence-electron chi connectivity index (χ0n) is 15.9. The Labute approximate surface area is 168 Å². The predicted molar refractivity (Wildman–Crippen MR) is 113 cm³/mol. The Kier molecular flexibility index (Phi) is 9.34. The molecule has 1 N–H and O–H groups in total. The van der Waals surface area contributed by atoms with E-state index in [2.05, 4.69) is 34.3 Å². The van der Waals surface area contributed by atoms with Crippen molar-refractivity contribution >= 4 is 29.9 Å². The smallest absolute Gasteiger partial charge is 0.193 e. The van der Waals surface area contributed by atoms with Gasteiger partial charge in [-0.15, -0.1) is 24.0 Å². The third-order valence-electron chi connectivity index (χ3n) is 4.15. The van der Waals surface area contributed by atoms with E-state index >= 15 is 0 Å². The number of aliphatic imine (C=N–C) groups is 1. The van der Waals surface area contributed by atoms with Gasteiger partial charge in [-0.05, 0) is 31.0 Å². The lowest BCUT2D eigenvalue weighted by atomic mass is 10.2. The third-order valence-corrected chi connectivity index (χ3v) is 4.15. The summed E-state index contributed by atoms with van der Waals surface area (Å²) in [5.41, 5.74) is 1.21. The number of rotatable bonds is 6. The summed E-state index contributed by atoms with van der Waals surface area (Å²) in [6, 6.07) is 6.49. The Hall–Kier alpha value is -1.22. The first-order chi connectivity index (χ1) is 11.5. The molecule has 0 aromatic heterocycles. The van der Waals surface area contributed by atoms with Crippen LogP contribution in [0.15, 0.2) is 23.2 Å². The summed E-state index contributed by atoms with van der Waals surface area (Å²) in [5, 5.41) is 3.56. The highest BCUT2D eigenvalue weighted by Gasteiger charge is 2.24. The number of ether oxygens (including phenoxy) is 2. The molecular formula is C18H31IN4O2. The maximum Gasteiger partial charge on any atom is 0.193 e. The molecule has 2 rings (SSSR count). The number of hydrogen-bond donors (Lipinski definition) is 1. The van der Waals surface area contributed by atoms with Gasteiger partial charge >= 0.3 is 0 Å². The van der Waals surface area contributed by atoms with Gasteiger partial charge in [0, 0.05) is 52.4 Å². The highest BCUT2D eigenvalue weighted by molar-refractivity contribution is 14.0. The van der Waals surface area contributed by atoms with Crippen molar-refractivity contribution in [1.29, 1.82) is 0 Å². The molecule has 25 heavy (non-hydrogen) atoms. The first-order valence-electron chi connectivity index (χ1n) is 8.48. The number of nitrogens with zero attached hydrogens (tertiary/aromatic N) is 3. The Bertz CT molecular complexity index is 544. The second-order valence-corrected chi connectivity index (χ2v) is 6.28. The molecule has 0 aliphatic carbocycles. The number of benzene rings is 1. The molecule has 142 valence electrons. The van der Waals surface area contributed by atoms with Crippen molar-refractivity contribution in [3.63, 3.8) is 0 Å². The summed E-state index contributed by atoms with van der Waals surface area (Å²) in [7, 11) is 7.42. The van der Waals surface area contributed by atoms with E-state index in [0.717, 1.165) is 50.1 Å². The highest BCUT2D eigenvalue weighted by atomic mass is 127. The minimum Gasteiger partial charge on any atom is -0.497 e. The summed E-state index contributed by atoms with van der Waals surface area (Å²) < 4.78 is 10.7. The van der Waals surface area contributed by atoms with Crippen LogP contribution in [0, 0.1) is 0 Å². The second kappa shape index (κ2) is 10.7. The molecule has 1 atom stereocenters. The summed E-state index contributed by atoms with van der Waals surface area (Å²) in [4.78, 5) is 9.01. The van der Waals surface area contributed by atoms with E-state index in [-0.39, 0.29) is 24.0 Å². The summed E-state index contributed by atoms with van der Waals surface area (Å²) in [5.74, 6) is 2.64. The predicted octanol–water partition coefficient (Wildman–Crippen LogP) is 2.42. The lowest BCUT2D eigenvalue weighted by Gasteiger charge is -2.22. The van der Waals surface area contributed by atoms with Gasteiger partial charge in [0.15, 0.2) is 5.96 Å². The zero-order valence-corrected chi connectivity index (χ0v) is 18.2. The van der Waals surface area contributed by atoms with Crippen molar-refractivity contribution in [2.75, 3.05) is 47.9 Å². The second-order valence-electron chi connectivity index (χ2n) is 6.28. The van der Waals surface area contributed by atoms with Crippen molar-refractivity contribution in [2.45, 2.75) is 25.9 Å². The Morgan fingerprint density at radius 1 is 1.24 bits per heavy atom. The maximum absolute atomic E-state index is 5.36. The van der Waals surface area contributed by atoms with E-state index in [1.807, 2.05) is 25.1 Å². The summed E-state index contributed by atoms with van der Waals surface area (Å²) in [6.07, 6.45) is 1.12. The van der Waals surface area contributed by atoms with E-state index in [9.17, 15) is 0 Å². The van der Waals surface area contributed by atoms with Gasteiger partial charge in [-0.2, -0.15) is 0 Å². The molecule has 1 heterocycles. The van der Waals surface area contributed by atoms with Crippen molar-refractivity contribution in [3.05, 3.63) is 23.8 Å². The fourth-order valence-electron chi connectivity index (χ4n) is 2.96. The molecule has 1 aromatic carbocycles. The standard InChI is InChI=1S/C18H30N4O2.HI/c1-6-19-18(21(2)3)20-15-7-8-22(13-15)12-14-9-16(23-4)11-17(10-14)24-5;/h9-11,15H,6-8,12-13H2,1-5H3,(H,19,20);1H. The van der Waals surface area contributed by atoms with E-state index in [4.69, 9.17) is 9.47 Å². The molecule has 1 unspecified atom stereocenters. The van der Waals surface area contributed by atoms with E-state index in [0.29, 0.717) is 6.04 Å². The lowest BCUT2D eigenvalue weighted by Crippen LogP contribution is -2.44. The molecule has 1 fully saturated rings. The van der Waals surface area contributed by atoms with Gasteiger partial charge in [0.1, 0.15) is 11.5 Å². The average molecular weight is 462 g/mol. The van der Waals surface area contributed by atoms with E-state index in [1.165, 1.54) is 5.56 Å². The van der Waals surface area contributed by atoms with Crippen LogP contribution in [-0.4, -0.2) is 69.8 Å². The largest absolute Gasteiger partial charge is 0.497 e. The van der Waals surface area contributed by atoms with Gasteiger partial charge in [0.2, 0.25) is 0 Å². The lowest BCUT2D eigenvalue weighted by molar-refractivity contribution is 0.321. The van der Waals surface area contributed by atoms with E-state index < -0.39 is 0 Å². The fraction of sp³-hybridized carbons (Fsp3) is 0.611. The van der Waals surface area contributed by atoms with Crippen LogP contribution >= 0.6 is 24.0 Å². The molecule has 6 nitrogen and oxygen atoms in total. The normalized spacial score (nSPS) is 17.8. The number of hydrogen-bond acceptors (Lipinski definition) is 4. The molecular weight excluding hydrogens is 431 g/mol. The number of likely N-dealkylation sites (tertiary alicyclic amines) is 1. The van der Waals surface area contributed by atoms with Gasteiger partial charge in [-0.25, -0.2) is 0 Å². The SMILES string of the molecule is CCN=C(NC1CCN(Cc2cc(OC)cc(OC)c2)C1)N(C)C.I. The average Bonchev–Trinajstić information content (AvgIpc) is 3.00. The van der Waals surface area contributed by atoms with Crippen LogP contribution in [0.5, 0.6) is 11.5 Å². The molecule has 0 amide bonds. The van der Waals surface area contributed by atoms with Crippen LogP contribution in [0.2, 0.25) is 0 Å². The maximum atomic E-state index is 5.36. The van der Waals surface area contributed by atoms with Gasteiger partial charge in [-0.3, -0.25) is 9.89 Å². The monoisotopic (exact) mass is 462 g/mol. The van der Waals surface area contributed by atoms with E-state index in [1.54, 1.807) is 14.2 Å². The molecule has 1 aliphatic heterocycles. The van der Waals surface area contributed by atoms with Crippen molar-refractivity contribution in [3.8, 4) is 11.5 Å². The number of methoxy groups -OCH3 is 2.